The summed E-state index contributed by atoms with van der Waals surface area (Å²) in [5.74, 6) is 0.545. The van der Waals surface area contributed by atoms with Gasteiger partial charge in [-0.3, -0.25) is 4.79 Å². The van der Waals surface area contributed by atoms with E-state index in [0.29, 0.717) is 28.4 Å². The predicted octanol–water partition coefficient (Wildman–Crippen LogP) is 1.97. The number of hydrogen-bond acceptors (Lipinski definition) is 3. The van der Waals surface area contributed by atoms with Crippen LogP contribution >= 0.6 is 11.6 Å². The van der Waals surface area contributed by atoms with Crippen LogP contribution in [0.1, 0.15) is 17.5 Å². The van der Waals surface area contributed by atoms with Gasteiger partial charge < -0.3 is 15.0 Å². The van der Waals surface area contributed by atoms with Crippen molar-refractivity contribution in [3.8, 4) is 5.75 Å². The molecular weight excluding hydrogens is 242 g/mol. The predicted molar refractivity (Wildman–Crippen MR) is 65.7 cm³/mol. The molecule has 0 fully saturated rings. The van der Waals surface area contributed by atoms with Crippen molar-refractivity contribution < 1.29 is 9.53 Å². The molecule has 0 bridgehead atoms. The van der Waals surface area contributed by atoms with Gasteiger partial charge in [0.15, 0.2) is 5.82 Å². The number of carbonyl (C=O) groups is 1. The maximum absolute atomic E-state index is 11.6. The first-order valence-electron chi connectivity index (χ1n) is 5.17. The van der Waals surface area contributed by atoms with E-state index in [4.69, 9.17) is 16.3 Å². The van der Waals surface area contributed by atoms with Gasteiger partial charge in [0.25, 0.3) is 5.91 Å². The zero-order valence-electron chi connectivity index (χ0n) is 9.50. The molecule has 6 heteroatoms. The minimum atomic E-state index is -0.248. The molecule has 0 atom stereocenters. The van der Waals surface area contributed by atoms with Crippen LogP contribution < -0.4 is 10.1 Å². The summed E-state index contributed by atoms with van der Waals surface area (Å²) in [6.45, 7) is 2.39. The molecular formula is C11H12ClN3O2. The van der Waals surface area contributed by atoms with Crippen LogP contribution in [0, 0.1) is 0 Å². The number of nitrogens with one attached hydrogen (secondary N) is 2. The summed E-state index contributed by atoms with van der Waals surface area (Å²) < 4.78 is 5.16. The SMILES string of the molecule is CCNC(=O)c1nc2c(OC)cc(Cl)cc2[nH]1. The second kappa shape index (κ2) is 4.63. The minimum Gasteiger partial charge on any atom is -0.494 e. The number of aromatic nitrogens is 2. The standard InChI is InChI=1S/C11H12ClN3O2/c1-3-13-11(16)10-14-7-4-6(12)5-8(17-2)9(7)15-10/h4-5H,3H2,1-2H3,(H,13,16)(H,14,15). The van der Waals surface area contributed by atoms with Gasteiger partial charge in [0, 0.05) is 17.6 Å². The fourth-order valence-electron chi connectivity index (χ4n) is 1.56. The summed E-state index contributed by atoms with van der Waals surface area (Å²) in [7, 11) is 1.53. The maximum atomic E-state index is 11.6. The fourth-order valence-corrected chi connectivity index (χ4v) is 1.77. The van der Waals surface area contributed by atoms with Crippen molar-refractivity contribution in [3.63, 3.8) is 0 Å². The number of methoxy groups -OCH3 is 1. The molecule has 0 aliphatic carbocycles. The molecule has 0 radical (unpaired) electrons. The molecule has 0 saturated carbocycles. The molecule has 0 aliphatic rings. The van der Waals surface area contributed by atoms with Crippen molar-refractivity contribution in [1.82, 2.24) is 15.3 Å². The van der Waals surface area contributed by atoms with Gasteiger partial charge >= 0.3 is 0 Å². The first kappa shape index (κ1) is 11.7. The number of carbonyl (C=O) groups excluding carboxylic acids is 1. The van der Waals surface area contributed by atoms with Crippen LogP contribution in [0.5, 0.6) is 5.75 Å². The minimum absolute atomic E-state index is 0.248. The highest BCUT2D eigenvalue weighted by molar-refractivity contribution is 6.31. The third-order valence-corrected chi connectivity index (χ3v) is 2.51. The lowest BCUT2D eigenvalue weighted by Crippen LogP contribution is -2.23. The van der Waals surface area contributed by atoms with Crippen LogP contribution in [-0.4, -0.2) is 29.5 Å². The molecule has 1 aromatic heterocycles. The molecule has 90 valence electrons. The molecule has 1 heterocycles. The van der Waals surface area contributed by atoms with Crippen LogP contribution in [0.2, 0.25) is 5.02 Å². The highest BCUT2D eigenvalue weighted by Gasteiger charge is 2.14. The van der Waals surface area contributed by atoms with Crippen molar-refractivity contribution in [2.24, 2.45) is 0 Å². The van der Waals surface area contributed by atoms with E-state index >= 15 is 0 Å². The van der Waals surface area contributed by atoms with Crippen LogP contribution in [0.15, 0.2) is 12.1 Å². The Kier molecular flexibility index (Phi) is 3.19. The molecule has 2 rings (SSSR count). The van der Waals surface area contributed by atoms with Gasteiger partial charge in [0.05, 0.1) is 12.6 Å². The largest absolute Gasteiger partial charge is 0.494 e. The van der Waals surface area contributed by atoms with Crippen LogP contribution in [0.25, 0.3) is 11.0 Å². The topological polar surface area (TPSA) is 67.0 Å². The van der Waals surface area contributed by atoms with Crippen molar-refractivity contribution >= 4 is 28.5 Å². The van der Waals surface area contributed by atoms with E-state index in [1.165, 1.54) is 7.11 Å². The Hall–Kier alpha value is -1.75. The smallest absolute Gasteiger partial charge is 0.287 e. The molecule has 0 aliphatic heterocycles. The van der Waals surface area contributed by atoms with Gasteiger partial charge in [0.2, 0.25) is 0 Å². The lowest BCUT2D eigenvalue weighted by molar-refractivity contribution is 0.0947. The normalized spacial score (nSPS) is 10.5. The molecule has 2 aromatic rings. The lowest BCUT2D eigenvalue weighted by atomic mass is 10.3. The number of H-pyrrole nitrogens is 1. The Balaban J connectivity index is 2.53. The average Bonchev–Trinajstić information content (AvgIpc) is 2.71. The van der Waals surface area contributed by atoms with Crippen LogP contribution in [0.4, 0.5) is 0 Å². The van der Waals surface area contributed by atoms with E-state index in [9.17, 15) is 4.79 Å². The van der Waals surface area contributed by atoms with Crippen molar-refractivity contribution in [3.05, 3.63) is 23.0 Å². The van der Waals surface area contributed by atoms with Gasteiger partial charge in [0.1, 0.15) is 11.3 Å². The Bertz CT molecular complexity index is 565. The number of rotatable bonds is 3. The number of nitrogens with zero attached hydrogens (tertiary/aromatic N) is 1. The molecule has 0 saturated heterocycles. The van der Waals surface area contributed by atoms with Gasteiger partial charge in [-0.05, 0) is 13.0 Å². The Morgan fingerprint density at radius 3 is 3.00 bits per heavy atom. The van der Waals surface area contributed by atoms with E-state index < -0.39 is 0 Å². The van der Waals surface area contributed by atoms with Crippen molar-refractivity contribution in [2.45, 2.75) is 6.92 Å². The molecule has 0 spiro atoms. The number of ether oxygens (including phenoxy) is 1. The zero-order chi connectivity index (χ0) is 12.4. The molecule has 5 nitrogen and oxygen atoms in total. The summed E-state index contributed by atoms with van der Waals surface area (Å²) >= 11 is 5.92. The van der Waals surface area contributed by atoms with Crippen LogP contribution in [0.3, 0.4) is 0 Å². The van der Waals surface area contributed by atoms with E-state index in [2.05, 4.69) is 15.3 Å². The van der Waals surface area contributed by atoms with E-state index in [1.807, 2.05) is 6.92 Å². The van der Waals surface area contributed by atoms with E-state index in [0.717, 1.165) is 0 Å². The molecule has 0 unspecified atom stereocenters. The number of hydrogen-bond donors (Lipinski definition) is 2. The molecule has 2 N–H and O–H groups in total. The summed E-state index contributed by atoms with van der Waals surface area (Å²) in [5, 5.41) is 3.20. The van der Waals surface area contributed by atoms with Crippen LogP contribution in [-0.2, 0) is 0 Å². The average molecular weight is 254 g/mol. The number of aromatic amines is 1. The van der Waals surface area contributed by atoms with Gasteiger partial charge in [-0.1, -0.05) is 11.6 Å². The van der Waals surface area contributed by atoms with Crippen molar-refractivity contribution in [1.29, 1.82) is 0 Å². The molecule has 17 heavy (non-hydrogen) atoms. The zero-order valence-corrected chi connectivity index (χ0v) is 10.3. The fraction of sp³-hybridized carbons (Fsp3) is 0.273. The number of imidazole rings is 1. The third kappa shape index (κ3) is 2.19. The Morgan fingerprint density at radius 1 is 1.59 bits per heavy atom. The quantitative estimate of drug-likeness (QED) is 0.879. The first-order valence-corrected chi connectivity index (χ1v) is 5.55. The highest BCUT2D eigenvalue weighted by Crippen LogP contribution is 2.27. The van der Waals surface area contributed by atoms with E-state index in [-0.39, 0.29) is 11.7 Å². The van der Waals surface area contributed by atoms with Gasteiger partial charge in [-0.15, -0.1) is 0 Å². The monoisotopic (exact) mass is 253 g/mol. The second-order valence-corrected chi connectivity index (χ2v) is 3.89. The Morgan fingerprint density at radius 2 is 2.35 bits per heavy atom. The maximum Gasteiger partial charge on any atom is 0.287 e. The Labute approximate surface area is 103 Å². The number of fused-ring (bicyclic) bond motifs is 1. The molecule has 1 aromatic carbocycles. The number of benzene rings is 1. The summed E-state index contributed by atoms with van der Waals surface area (Å²) in [4.78, 5) is 18.7. The van der Waals surface area contributed by atoms with Gasteiger partial charge in [-0.2, -0.15) is 0 Å². The number of halogens is 1. The second-order valence-electron chi connectivity index (χ2n) is 3.45. The summed E-state index contributed by atoms with van der Waals surface area (Å²) in [6, 6.07) is 3.36. The number of amides is 1. The lowest BCUT2D eigenvalue weighted by Gasteiger charge is -2.00. The van der Waals surface area contributed by atoms with Crippen molar-refractivity contribution in [2.75, 3.05) is 13.7 Å². The third-order valence-electron chi connectivity index (χ3n) is 2.29. The summed E-state index contributed by atoms with van der Waals surface area (Å²) in [6.07, 6.45) is 0. The molecule has 1 amide bonds. The first-order chi connectivity index (χ1) is 8.15. The van der Waals surface area contributed by atoms with E-state index in [1.54, 1.807) is 12.1 Å². The summed E-state index contributed by atoms with van der Waals surface area (Å²) in [5.41, 5.74) is 1.27. The van der Waals surface area contributed by atoms with Gasteiger partial charge in [-0.25, -0.2) is 4.98 Å². The highest BCUT2D eigenvalue weighted by atomic mass is 35.5.